The van der Waals surface area contributed by atoms with Gasteiger partial charge in [-0.25, -0.2) is 0 Å². The standard InChI is InChI=1S/C12H19N3O.ClH/c13-12(7-4-8-12)11-14-10(16-15-11)9-5-2-1-3-6-9;/h9H,1-8,13H2;1H. The van der Waals surface area contributed by atoms with E-state index in [1.54, 1.807) is 0 Å². The van der Waals surface area contributed by atoms with Gasteiger partial charge in [0.2, 0.25) is 5.89 Å². The number of nitrogens with zero attached hydrogens (tertiary/aromatic N) is 2. The first-order valence-corrected chi connectivity index (χ1v) is 6.41. The Labute approximate surface area is 108 Å². The predicted octanol–water partition coefficient (Wildman–Crippen LogP) is 2.88. The van der Waals surface area contributed by atoms with Gasteiger partial charge < -0.3 is 10.3 Å². The molecule has 2 saturated carbocycles. The Morgan fingerprint density at radius 1 is 1.12 bits per heavy atom. The number of nitrogens with two attached hydrogens (primary N) is 1. The van der Waals surface area contributed by atoms with Crippen molar-refractivity contribution in [2.75, 3.05) is 0 Å². The maximum atomic E-state index is 6.18. The summed E-state index contributed by atoms with van der Waals surface area (Å²) in [5.41, 5.74) is 5.90. The van der Waals surface area contributed by atoms with E-state index < -0.39 is 0 Å². The molecule has 0 atom stereocenters. The third-order valence-corrected chi connectivity index (χ3v) is 4.09. The van der Waals surface area contributed by atoms with Crippen LogP contribution in [0.5, 0.6) is 0 Å². The van der Waals surface area contributed by atoms with Gasteiger partial charge in [-0.3, -0.25) is 0 Å². The van der Waals surface area contributed by atoms with Gasteiger partial charge in [0.25, 0.3) is 0 Å². The fourth-order valence-corrected chi connectivity index (χ4v) is 2.73. The van der Waals surface area contributed by atoms with Crippen LogP contribution in [0.25, 0.3) is 0 Å². The molecule has 5 heteroatoms. The van der Waals surface area contributed by atoms with E-state index >= 15 is 0 Å². The Kier molecular flexibility index (Phi) is 3.73. The Morgan fingerprint density at radius 3 is 2.41 bits per heavy atom. The largest absolute Gasteiger partial charge is 0.339 e. The van der Waals surface area contributed by atoms with E-state index in [0.29, 0.717) is 5.92 Å². The fraction of sp³-hybridized carbons (Fsp3) is 0.833. The van der Waals surface area contributed by atoms with Gasteiger partial charge in [-0.2, -0.15) is 4.98 Å². The van der Waals surface area contributed by atoms with Crippen molar-refractivity contribution in [2.24, 2.45) is 5.73 Å². The van der Waals surface area contributed by atoms with Gasteiger partial charge in [-0.15, -0.1) is 12.4 Å². The lowest BCUT2D eigenvalue weighted by Gasteiger charge is -2.34. The van der Waals surface area contributed by atoms with Crippen LogP contribution in [0.2, 0.25) is 0 Å². The molecule has 96 valence electrons. The normalized spacial score (nSPS) is 23.8. The van der Waals surface area contributed by atoms with E-state index in [1.165, 1.54) is 38.5 Å². The van der Waals surface area contributed by atoms with Gasteiger partial charge >= 0.3 is 0 Å². The molecule has 0 radical (unpaired) electrons. The number of rotatable bonds is 2. The summed E-state index contributed by atoms with van der Waals surface area (Å²) in [5.74, 6) is 2.05. The van der Waals surface area contributed by atoms with E-state index in [2.05, 4.69) is 10.1 Å². The molecule has 0 spiro atoms. The minimum absolute atomic E-state index is 0. The highest BCUT2D eigenvalue weighted by Crippen LogP contribution is 2.38. The summed E-state index contributed by atoms with van der Waals surface area (Å²) in [6, 6.07) is 0. The van der Waals surface area contributed by atoms with E-state index in [4.69, 9.17) is 10.3 Å². The summed E-state index contributed by atoms with van der Waals surface area (Å²) in [4.78, 5) is 4.52. The molecule has 17 heavy (non-hydrogen) atoms. The third-order valence-electron chi connectivity index (χ3n) is 4.09. The van der Waals surface area contributed by atoms with E-state index in [-0.39, 0.29) is 17.9 Å². The van der Waals surface area contributed by atoms with E-state index in [9.17, 15) is 0 Å². The smallest absolute Gasteiger partial charge is 0.229 e. The molecule has 0 amide bonds. The van der Waals surface area contributed by atoms with Crippen LogP contribution < -0.4 is 5.73 Å². The van der Waals surface area contributed by atoms with Crippen LogP contribution >= 0.6 is 12.4 Å². The summed E-state index contributed by atoms with van der Waals surface area (Å²) < 4.78 is 5.39. The highest BCUT2D eigenvalue weighted by molar-refractivity contribution is 5.85. The SMILES string of the molecule is Cl.NC1(c2noc(C3CCCCC3)n2)CCC1. The molecule has 0 bridgehead atoms. The first-order chi connectivity index (χ1) is 7.78. The third kappa shape index (κ3) is 2.33. The second-order valence-electron chi connectivity index (χ2n) is 5.30. The van der Waals surface area contributed by atoms with Crippen molar-refractivity contribution in [1.29, 1.82) is 0 Å². The minimum atomic E-state index is -0.281. The molecule has 1 heterocycles. The summed E-state index contributed by atoms with van der Waals surface area (Å²) in [5, 5.41) is 4.07. The molecule has 1 aromatic rings. The lowest BCUT2D eigenvalue weighted by molar-refractivity contribution is 0.228. The van der Waals surface area contributed by atoms with Gasteiger partial charge in [0, 0.05) is 5.92 Å². The molecule has 0 unspecified atom stereocenters. The zero-order valence-electron chi connectivity index (χ0n) is 10.0. The van der Waals surface area contributed by atoms with Crippen LogP contribution in [0.3, 0.4) is 0 Å². The van der Waals surface area contributed by atoms with Crippen LogP contribution in [-0.2, 0) is 5.54 Å². The first-order valence-electron chi connectivity index (χ1n) is 6.41. The number of halogens is 1. The molecule has 1 aromatic heterocycles. The van der Waals surface area contributed by atoms with Gasteiger partial charge in [0.1, 0.15) is 0 Å². The fourth-order valence-electron chi connectivity index (χ4n) is 2.73. The van der Waals surface area contributed by atoms with Crippen molar-refractivity contribution in [3.8, 4) is 0 Å². The summed E-state index contributed by atoms with van der Waals surface area (Å²) in [7, 11) is 0. The highest BCUT2D eigenvalue weighted by atomic mass is 35.5. The highest BCUT2D eigenvalue weighted by Gasteiger charge is 2.39. The topological polar surface area (TPSA) is 64.9 Å². The Bertz CT molecular complexity index is 370. The zero-order chi connectivity index (χ0) is 11.0. The Balaban J connectivity index is 0.00000108. The monoisotopic (exact) mass is 257 g/mol. The maximum absolute atomic E-state index is 6.18. The molecule has 2 aliphatic carbocycles. The molecule has 0 aromatic carbocycles. The quantitative estimate of drug-likeness (QED) is 0.885. The average molecular weight is 258 g/mol. The summed E-state index contributed by atoms with van der Waals surface area (Å²) in [6.07, 6.45) is 9.49. The minimum Gasteiger partial charge on any atom is -0.339 e. The maximum Gasteiger partial charge on any atom is 0.229 e. The molecule has 2 fully saturated rings. The Hall–Kier alpha value is -0.610. The number of hydrogen-bond acceptors (Lipinski definition) is 4. The van der Waals surface area contributed by atoms with Crippen LogP contribution in [0.1, 0.15) is 69.0 Å². The van der Waals surface area contributed by atoms with Crippen molar-refractivity contribution >= 4 is 12.4 Å². The predicted molar refractivity (Wildman–Crippen MR) is 67.1 cm³/mol. The second kappa shape index (κ2) is 4.94. The molecule has 3 rings (SSSR count). The van der Waals surface area contributed by atoms with Crippen molar-refractivity contribution < 1.29 is 4.52 Å². The molecule has 2 aliphatic rings. The van der Waals surface area contributed by atoms with Crippen molar-refractivity contribution in [3.63, 3.8) is 0 Å². The second-order valence-corrected chi connectivity index (χ2v) is 5.30. The van der Waals surface area contributed by atoms with Gasteiger partial charge in [-0.05, 0) is 32.1 Å². The van der Waals surface area contributed by atoms with Crippen molar-refractivity contribution in [2.45, 2.75) is 62.8 Å². The summed E-state index contributed by atoms with van der Waals surface area (Å²) in [6.45, 7) is 0. The van der Waals surface area contributed by atoms with Crippen molar-refractivity contribution in [3.05, 3.63) is 11.7 Å². The van der Waals surface area contributed by atoms with Crippen molar-refractivity contribution in [1.82, 2.24) is 10.1 Å². The molecule has 0 aliphatic heterocycles. The molecular weight excluding hydrogens is 238 g/mol. The lowest BCUT2D eigenvalue weighted by Crippen LogP contribution is -2.44. The molecular formula is C12H20ClN3O. The summed E-state index contributed by atoms with van der Waals surface area (Å²) >= 11 is 0. The van der Waals surface area contributed by atoms with Crippen LogP contribution in [0, 0.1) is 0 Å². The number of aromatic nitrogens is 2. The van der Waals surface area contributed by atoms with E-state index in [1.807, 2.05) is 0 Å². The van der Waals surface area contributed by atoms with E-state index in [0.717, 1.165) is 24.6 Å². The zero-order valence-corrected chi connectivity index (χ0v) is 10.8. The Morgan fingerprint density at radius 2 is 1.82 bits per heavy atom. The van der Waals surface area contributed by atoms with Gasteiger partial charge in [-0.1, -0.05) is 24.4 Å². The molecule has 2 N–H and O–H groups in total. The number of hydrogen-bond donors (Lipinski definition) is 1. The first kappa shape index (κ1) is 12.8. The van der Waals surface area contributed by atoms with Gasteiger partial charge in [0.05, 0.1) is 5.54 Å². The lowest BCUT2D eigenvalue weighted by atomic mass is 9.77. The van der Waals surface area contributed by atoms with Crippen LogP contribution in [0.4, 0.5) is 0 Å². The average Bonchev–Trinajstić information content (AvgIpc) is 2.77. The van der Waals surface area contributed by atoms with Gasteiger partial charge in [0.15, 0.2) is 5.82 Å². The van der Waals surface area contributed by atoms with Crippen LogP contribution in [0.15, 0.2) is 4.52 Å². The van der Waals surface area contributed by atoms with Crippen LogP contribution in [-0.4, -0.2) is 10.1 Å². The molecule has 0 saturated heterocycles. The molecule has 4 nitrogen and oxygen atoms in total.